The van der Waals surface area contributed by atoms with Crippen LogP contribution in [0.15, 0.2) is 12.1 Å². The number of rotatable bonds is 1. The van der Waals surface area contributed by atoms with Crippen molar-refractivity contribution in [3.8, 4) is 5.75 Å². The van der Waals surface area contributed by atoms with Crippen LogP contribution in [0.4, 0.5) is 0 Å². The Morgan fingerprint density at radius 1 is 1.50 bits per heavy atom. The fourth-order valence-corrected chi connectivity index (χ4v) is 2.21. The third-order valence-corrected chi connectivity index (χ3v) is 2.86. The zero-order valence-corrected chi connectivity index (χ0v) is 8.13. The van der Waals surface area contributed by atoms with Crippen LogP contribution in [0.2, 0.25) is 0 Å². The lowest BCUT2D eigenvalue weighted by Crippen LogP contribution is -1.95. The summed E-state index contributed by atoms with van der Waals surface area (Å²) in [4.78, 5) is 14.9. The summed E-state index contributed by atoms with van der Waals surface area (Å²) < 4.78 is 0.523. The van der Waals surface area contributed by atoms with Gasteiger partial charge in [-0.3, -0.25) is 0 Å². The number of carbonyl (C=O) groups is 1. The molecule has 14 heavy (non-hydrogen) atoms. The third-order valence-electron chi connectivity index (χ3n) is 1.86. The molecule has 1 heterocycles. The maximum Gasteiger partial charge on any atom is 0.337 e. The van der Waals surface area contributed by atoms with Crippen molar-refractivity contribution in [1.82, 2.24) is 4.98 Å². The van der Waals surface area contributed by atoms with Gasteiger partial charge in [0, 0.05) is 0 Å². The lowest BCUT2D eigenvalue weighted by molar-refractivity contribution is 0.0699. The van der Waals surface area contributed by atoms with Gasteiger partial charge in [-0.2, -0.15) is 0 Å². The number of benzene rings is 1. The SMILES string of the molecule is Cc1nc2c(O)ccc(C(=O)O)c2s1. The summed E-state index contributed by atoms with van der Waals surface area (Å²) in [5, 5.41) is 19.1. The van der Waals surface area contributed by atoms with Crippen LogP contribution in [0.3, 0.4) is 0 Å². The quantitative estimate of drug-likeness (QED) is 0.753. The van der Waals surface area contributed by atoms with Gasteiger partial charge < -0.3 is 10.2 Å². The smallest absolute Gasteiger partial charge is 0.337 e. The first-order chi connectivity index (χ1) is 6.59. The van der Waals surface area contributed by atoms with E-state index in [-0.39, 0.29) is 11.3 Å². The summed E-state index contributed by atoms with van der Waals surface area (Å²) in [7, 11) is 0. The number of hydrogen-bond donors (Lipinski definition) is 2. The van der Waals surface area contributed by atoms with Crippen molar-refractivity contribution in [2.24, 2.45) is 0 Å². The molecule has 1 aromatic heterocycles. The molecule has 0 atom stereocenters. The van der Waals surface area contributed by atoms with Gasteiger partial charge in [0.1, 0.15) is 11.3 Å². The van der Waals surface area contributed by atoms with Crippen LogP contribution in [0, 0.1) is 6.92 Å². The summed E-state index contributed by atoms with van der Waals surface area (Å²) in [5.74, 6) is -0.979. The minimum atomic E-state index is -1.00. The number of nitrogens with zero attached hydrogens (tertiary/aromatic N) is 1. The fraction of sp³-hybridized carbons (Fsp3) is 0.111. The summed E-state index contributed by atoms with van der Waals surface area (Å²) in [5.41, 5.74) is 0.552. The molecule has 0 radical (unpaired) electrons. The molecule has 0 aliphatic heterocycles. The van der Waals surface area contributed by atoms with Gasteiger partial charge in [-0.25, -0.2) is 9.78 Å². The van der Waals surface area contributed by atoms with Gasteiger partial charge in [0.05, 0.1) is 15.3 Å². The van der Waals surface area contributed by atoms with Crippen molar-refractivity contribution in [3.05, 3.63) is 22.7 Å². The number of thiazole rings is 1. The molecule has 0 fully saturated rings. The van der Waals surface area contributed by atoms with E-state index in [1.165, 1.54) is 23.5 Å². The highest BCUT2D eigenvalue weighted by Gasteiger charge is 2.14. The Bertz CT molecular complexity index is 518. The highest BCUT2D eigenvalue weighted by molar-refractivity contribution is 7.19. The molecule has 0 aliphatic carbocycles. The fourth-order valence-electron chi connectivity index (χ4n) is 1.27. The molecule has 0 unspecified atom stereocenters. The number of carboxylic acid groups (broad SMARTS) is 1. The zero-order chi connectivity index (χ0) is 10.3. The van der Waals surface area contributed by atoms with Crippen LogP contribution in [-0.2, 0) is 0 Å². The molecule has 0 saturated heterocycles. The summed E-state index contributed by atoms with van der Waals surface area (Å²) in [6, 6.07) is 2.74. The second-order valence-electron chi connectivity index (χ2n) is 2.85. The van der Waals surface area contributed by atoms with Crippen molar-refractivity contribution in [2.45, 2.75) is 6.92 Å². The van der Waals surface area contributed by atoms with Gasteiger partial charge in [0.25, 0.3) is 0 Å². The highest BCUT2D eigenvalue weighted by Crippen LogP contribution is 2.31. The van der Waals surface area contributed by atoms with Crippen molar-refractivity contribution in [2.75, 3.05) is 0 Å². The first-order valence-corrected chi connectivity index (χ1v) is 4.73. The minimum absolute atomic E-state index is 0.0225. The summed E-state index contributed by atoms with van der Waals surface area (Å²) >= 11 is 1.27. The number of phenols is 1. The molecule has 2 rings (SSSR count). The number of carboxylic acids is 1. The Balaban J connectivity index is 2.87. The first-order valence-electron chi connectivity index (χ1n) is 3.92. The maximum atomic E-state index is 10.8. The largest absolute Gasteiger partial charge is 0.506 e. The highest BCUT2D eigenvalue weighted by atomic mass is 32.1. The lowest BCUT2D eigenvalue weighted by atomic mass is 10.2. The molecule has 0 bridgehead atoms. The van der Waals surface area contributed by atoms with E-state index in [0.29, 0.717) is 10.2 Å². The van der Waals surface area contributed by atoms with Gasteiger partial charge in [0.2, 0.25) is 0 Å². The van der Waals surface area contributed by atoms with E-state index in [0.717, 1.165) is 5.01 Å². The summed E-state index contributed by atoms with van der Waals surface area (Å²) in [6.07, 6.45) is 0. The van der Waals surface area contributed by atoms with Crippen molar-refractivity contribution in [3.63, 3.8) is 0 Å². The lowest BCUT2D eigenvalue weighted by Gasteiger charge is -1.97. The van der Waals surface area contributed by atoms with Crippen LogP contribution in [0.1, 0.15) is 15.4 Å². The number of aromatic carboxylic acids is 1. The van der Waals surface area contributed by atoms with E-state index < -0.39 is 5.97 Å². The normalized spacial score (nSPS) is 10.6. The molecule has 72 valence electrons. The average molecular weight is 209 g/mol. The van der Waals surface area contributed by atoms with E-state index in [9.17, 15) is 9.90 Å². The zero-order valence-electron chi connectivity index (χ0n) is 7.31. The molecule has 5 heteroatoms. The number of hydrogen-bond acceptors (Lipinski definition) is 4. The van der Waals surface area contributed by atoms with E-state index in [1.54, 1.807) is 6.92 Å². The van der Waals surface area contributed by atoms with Crippen LogP contribution in [0.5, 0.6) is 5.75 Å². The molecule has 0 amide bonds. The Kier molecular flexibility index (Phi) is 1.89. The number of aryl methyl sites for hydroxylation is 1. The number of aromatic nitrogens is 1. The molecule has 1 aromatic carbocycles. The van der Waals surface area contributed by atoms with Crippen molar-refractivity contribution < 1.29 is 15.0 Å². The van der Waals surface area contributed by atoms with Gasteiger partial charge in [0.15, 0.2) is 0 Å². The molecular weight excluding hydrogens is 202 g/mol. The van der Waals surface area contributed by atoms with Crippen LogP contribution >= 0.6 is 11.3 Å². The van der Waals surface area contributed by atoms with Gasteiger partial charge in [-0.1, -0.05) is 0 Å². The first kappa shape index (κ1) is 8.96. The number of phenolic OH excluding ortho intramolecular Hbond substituents is 1. The molecule has 0 saturated carbocycles. The Hall–Kier alpha value is -1.62. The molecule has 0 aliphatic rings. The Labute approximate surface area is 83.5 Å². The average Bonchev–Trinajstić information content (AvgIpc) is 2.47. The molecular formula is C9H7NO3S. The van der Waals surface area contributed by atoms with Crippen LogP contribution in [0.25, 0.3) is 10.2 Å². The molecule has 2 aromatic rings. The van der Waals surface area contributed by atoms with Crippen LogP contribution < -0.4 is 0 Å². The number of aromatic hydroxyl groups is 1. The van der Waals surface area contributed by atoms with Crippen molar-refractivity contribution >= 4 is 27.5 Å². The summed E-state index contributed by atoms with van der Waals surface area (Å²) in [6.45, 7) is 1.77. The van der Waals surface area contributed by atoms with Crippen molar-refractivity contribution in [1.29, 1.82) is 0 Å². The number of fused-ring (bicyclic) bond motifs is 1. The van der Waals surface area contributed by atoms with Crippen LogP contribution in [-0.4, -0.2) is 21.2 Å². The Morgan fingerprint density at radius 3 is 2.86 bits per heavy atom. The van der Waals surface area contributed by atoms with E-state index in [4.69, 9.17) is 5.11 Å². The Morgan fingerprint density at radius 2 is 2.21 bits per heavy atom. The van der Waals surface area contributed by atoms with E-state index in [2.05, 4.69) is 4.98 Å². The van der Waals surface area contributed by atoms with Gasteiger partial charge >= 0.3 is 5.97 Å². The van der Waals surface area contributed by atoms with E-state index >= 15 is 0 Å². The van der Waals surface area contributed by atoms with E-state index in [1.807, 2.05) is 0 Å². The molecule has 0 spiro atoms. The third kappa shape index (κ3) is 1.22. The van der Waals surface area contributed by atoms with Gasteiger partial charge in [-0.05, 0) is 19.1 Å². The predicted molar refractivity (Wildman–Crippen MR) is 53.0 cm³/mol. The second kappa shape index (κ2) is 2.95. The molecule has 2 N–H and O–H groups in total. The van der Waals surface area contributed by atoms with Gasteiger partial charge in [-0.15, -0.1) is 11.3 Å². The minimum Gasteiger partial charge on any atom is -0.506 e. The standard InChI is InChI=1S/C9H7NO3S/c1-4-10-7-6(11)3-2-5(9(12)13)8(7)14-4/h2-3,11H,1H3,(H,12,13). The molecule has 4 nitrogen and oxygen atoms in total. The second-order valence-corrected chi connectivity index (χ2v) is 4.05. The maximum absolute atomic E-state index is 10.8. The predicted octanol–water partition coefficient (Wildman–Crippen LogP) is 2.01. The monoisotopic (exact) mass is 209 g/mol. The topological polar surface area (TPSA) is 70.4 Å².